The van der Waals surface area contributed by atoms with Crippen LogP contribution in [-0.2, 0) is 6.42 Å². The van der Waals surface area contributed by atoms with Crippen molar-refractivity contribution in [3.63, 3.8) is 0 Å². The van der Waals surface area contributed by atoms with Gasteiger partial charge in [-0.15, -0.1) is 0 Å². The van der Waals surface area contributed by atoms with Crippen molar-refractivity contribution >= 4 is 13.3 Å². The Bertz CT molecular complexity index is 571. The van der Waals surface area contributed by atoms with Crippen LogP contribution in [0, 0.1) is 6.92 Å². The van der Waals surface area contributed by atoms with Crippen LogP contribution in [0.5, 0.6) is 0 Å². The molecule has 1 aliphatic heterocycles. The molecule has 0 N–H and O–H groups in total. The minimum absolute atomic E-state index is 0.693. The monoisotopic (exact) mass is 266 g/mol. The third kappa shape index (κ3) is 2.96. The maximum Gasteiger partial charge on any atom is 0.226 e. The predicted octanol–water partition coefficient (Wildman–Crippen LogP) is 2.08. The number of aromatic nitrogens is 1. The van der Waals surface area contributed by atoms with Gasteiger partial charge in [0, 0.05) is 18.5 Å². The van der Waals surface area contributed by atoms with E-state index in [-0.39, 0.29) is 0 Å². The summed E-state index contributed by atoms with van der Waals surface area (Å²) in [6.07, 6.45) is 3.62. The number of likely N-dealkylation sites (tertiary alicyclic amines) is 1. The van der Waals surface area contributed by atoms with E-state index in [9.17, 15) is 0 Å². The molecule has 20 heavy (non-hydrogen) atoms. The van der Waals surface area contributed by atoms with E-state index in [0.717, 1.165) is 35.4 Å². The summed E-state index contributed by atoms with van der Waals surface area (Å²) in [7, 11) is 5.70. The van der Waals surface area contributed by atoms with E-state index >= 15 is 0 Å². The van der Waals surface area contributed by atoms with Crippen LogP contribution in [0.4, 0.5) is 0 Å². The van der Waals surface area contributed by atoms with Crippen molar-refractivity contribution < 1.29 is 4.42 Å². The molecule has 0 atom stereocenters. The summed E-state index contributed by atoms with van der Waals surface area (Å²) < 4.78 is 5.79. The molecule has 2 heterocycles. The standard InChI is InChI=1S/C16H19BN2O/c1-12-15(8-11-19-9-2-3-10-19)18-16(20-12)13-4-6-14(17)7-5-13/h4-7H,2-3,8-11H2,1H3. The van der Waals surface area contributed by atoms with E-state index in [1.165, 1.54) is 25.9 Å². The molecular formula is C16H19BN2O. The molecule has 3 rings (SSSR count). The normalized spacial score (nSPS) is 15.8. The number of hydrogen-bond donors (Lipinski definition) is 0. The molecule has 4 heteroatoms. The highest BCUT2D eigenvalue weighted by molar-refractivity contribution is 6.32. The minimum Gasteiger partial charge on any atom is -0.441 e. The van der Waals surface area contributed by atoms with Crippen molar-refractivity contribution in [1.82, 2.24) is 9.88 Å². The summed E-state index contributed by atoms with van der Waals surface area (Å²) in [5.41, 5.74) is 2.81. The van der Waals surface area contributed by atoms with Crippen LogP contribution in [0.15, 0.2) is 28.7 Å². The second-order valence-electron chi connectivity index (χ2n) is 5.44. The zero-order valence-electron chi connectivity index (χ0n) is 11.9. The molecule has 1 fully saturated rings. The van der Waals surface area contributed by atoms with Gasteiger partial charge in [-0.3, -0.25) is 0 Å². The quantitative estimate of drug-likeness (QED) is 0.793. The minimum atomic E-state index is 0.693. The third-order valence-electron chi connectivity index (χ3n) is 3.91. The molecule has 0 bridgehead atoms. The number of hydrogen-bond acceptors (Lipinski definition) is 3. The smallest absolute Gasteiger partial charge is 0.226 e. The number of nitrogens with zero attached hydrogens (tertiary/aromatic N) is 2. The first-order valence-corrected chi connectivity index (χ1v) is 7.27. The van der Waals surface area contributed by atoms with Crippen molar-refractivity contribution in [3.8, 4) is 11.5 Å². The Balaban J connectivity index is 1.71. The molecule has 3 nitrogen and oxygen atoms in total. The molecule has 1 aromatic heterocycles. The fourth-order valence-corrected chi connectivity index (χ4v) is 2.68. The van der Waals surface area contributed by atoms with Gasteiger partial charge in [0.1, 0.15) is 13.6 Å². The van der Waals surface area contributed by atoms with Crippen LogP contribution >= 0.6 is 0 Å². The predicted molar refractivity (Wildman–Crippen MR) is 81.4 cm³/mol. The highest BCUT2D eigenvalue weighted by Crippen LogP contribution is 2.21. The second kappa shape index (κ2) is 5.84. The number of rotatable bonds is 4. The number of benzene rings is 1. The van der Waals surface area contributed by atoms with Crippen molar-refractivity contribution in [2.24, 2.45) is 0 Å². The summed E-state index contributed by atoms with van der Waals surface area (Å²) in [4.78, 5) is 7.13. The average Bonchev–Trinajstić information content (AvgIpc) is 3.07. The Hall–Kier alpha value is -1.55. The maximum atomic E-state index is 5.79. The van der Waals surface area contributed by atoms with Gasteiger partial charge in [0.2, 0.25) is 5.89 Å². The lowest BCUT2D eigenvalue weighted by molar-refractivity contribution is 0.341. The van der Waals surface area contributed by atoms with Gasteiger partial charge < -0.3 is 9.32 Å². The van der Waals surface area contributed by atoms with E-state index in [1.54, 1.807) is 0 Å². The summed E-state index contributed by atoms with van der Waals surface area (Å²) in [5.74, 6) is 1.62. The zero-order chi connectivity index (χ0) is 13.9. The van der Waals surface area contributed by atoms with E-state index in [0.29, 0.717) is 5.89 Å². The zero-order valence-corrected chi connectivity index (χ0v) is 11.9. The number of oxazole rings is 1. The van der Waals surface area contributed by atoms with E-state index in [2.05, 4.69) is 9.88 Å². The lowest BCUT2D eigenvalue weighted by atomic mass is 9.95. The van der Waals surface area contributed by atoms with Crippen LogP contribution in [0.3, 0.4) is 0 Å². The SMILES string of the molecule is [B]c1ccc(-c2nc(CCN3CCCC3)c(C)o2)cc1. The first-order valence-electron chi connectivity index (χ1n) is 7.27. The molecule has 2 radical (unpaired) electrons. The highest BCUT2D eigenvalue weighted by atomic mass is 16.4. The summed E-state index contributed by atoms with van der Waals surface area (Å²) in [6, 6.07) is 7.65. The van der Waals surface area contributed by atoms with Gasteiger partial charge in [-0.05, 0) is 32.9 Å². The fourth-order valence-electron chi connectivity index (χ4n) is 2.68. The van der Waals surface area contributed by atoms with Crippen LogP contribution < -0.4 is 5.46 Å². The molecule has 1 aliphatic rings. The van der Waals surface area contributed by atoms with Gasteiger partial charge in [-0.25, -0.2) is 4.98 Å². The maximum absolute atomic E-state index is 5.79. The van der Waals surface area contributed by atoms with Gasteiger partial charge in [0.25, 0.3) is 0 Å². The Morgan fingerprint density at radius 1 is 1.20 bits per heavy atom. The molecule has 102 valence electrons. The van der Waals surface area contributed by atoms with Crippen LogP contribution in [-0.4, -0.2) is 37.4 Å². The summed E-state index contributed by atoms with van der Waals surface area (Å²) in [6.45, 7) is 5.52. The highest BCUT2D eigenvalue weighted by Gasteiger charge is 2.15. The van der Waals surface area contributed by atoms with Crippen molar-refractivity contribution in [3.05, 3.63) is 35.7 Å². The summed E-state index contributed by atoms with van der Waals surface area (Å²) in [5, 5.41) is 0. The summed E-state index contributed by atoms with van der Waals surface area (Å²) >= 11 is 0. The molecule has 0 unspecified atom stereocenters. The van der Waals surface area contributed by atoms with Crippen molar-refractivity contribution in [2.45, 2.75) is 26.2 Å². The largest absolute Gasteiger partial charge is 0.441 e. The molecule has 0 aliphatic carbocycles. The Kier molecular flexibility index (Phi) is 3.92. The molecule has 0 saturated carbocycles. The first-order chi connectivity index (χ1) is 9.72. The Labute approximate surface area is 121 Å². The van der Waals surface area contributed by atoms with Crippen molar-refractivity contribution in [2.75, 3.05) is 19.6 Å². The van der Waals surface area contributed by atoms with E-state index in [1.807, 2.05) is 31.2 Å². The number of aryl methyl sites for hydroxylation is 1. The van der Waals surface area contributed by atoms with Crippen LogP contribution in [0.2, 0.25) is 0 Å². The molecule has 2 aromatic rings. The molecular weight excluding hydrogens is 247 g/mol. The van der Waals surface area contributed by atoms with E-state index in [4.69, 9.17) is 12.3 Å². The van der Waals surface area contributed by atoms with Gasteiger partial charge in [0.05, 0.1) is 5.69 Å². The van der Waals surface area contributed by atoms with Gasteiger partial charge >= 0.3 is 0 Å². The average molecular weight is 266 g/mol. The Morgan fingerprint density at radius 3 is 2.60 bits per heavy atom. The lowest BCUT2D eigenvalue weighted by Gasteiger charge is -2.12. The van der Waals surface area contributed by atoms with Crippen LogP contribution in [0.1, 0.15) is 24.3 Å². The van der Waals surface area contributed by atoms with Gasteiger partial charge in [-0.2, -0.15) is 0 Å². The van der Waals surface area contributed by atoms with E-state index < -0.39 is 0 Å². The molecule has 1 aromatic carbocycles. The van der Waals surface area contributed by atoms with Crippen LogP contribution in [0.25, 0.3) is 11.5 Å². The first kappa shape index (κ1) is 13.4. The Morgan fingerprint density at radius 2 is 1.90 bits per heavy atom. The lowest BCUT2D eigenvalue weighted by Crippen LogP contribution is -2.22. The molecule has 0 amide bonds. The third-order valence-corrected chi connectivity index (χ3v) is 3.91. The van der Waals surface area contributed by atoms with Crippen molar-refractivity contribution in [1.29, 1.82) is 0 Å². The fraction of sp³-hybridized carbons (Fsp3) is 0.438. The topological polar surface area (TPSA) is 29.3 Å². The second-order valence-corrected chi connectivity index (χ2v) is 5.44. The van der Waals surface area contributed by atoms with Gasteiger partial charge in [0.15, 0.2) is 0 Å². The molecule has 0 spiro atoms. The molecule has 1 saturated heterocycles. The van der Waals surface area contributed by atoms with Gasteiger partial charge in [-0.1, -0.05) is 29.7 Å².